The Labute approximate surface area is 118 Å². The lowest BCUT2D eigenvalue weighted by Gasteiger charge is -2.13. The smallest absolute Gasteiger partial charge is 0.416 e. The van der Waals surface area contributed by atoms with E-state index in [4.69, 9.17) is 21.1 Å². The Bertz CT molecular complexity index is 604. The van der Waals surface area contributed by atoms with Gasteiger partial charge in [0.25, 0.3) is 0 Å². The van der Waals surface area contributed by atoms with Crippen LogP contribution in [0.15, 0.2) is 23.3 Å². The number of amidine groups is 1. The highest BCUT2D eigenvalue weighted by molar-refractivity contribution is 6.45. The molecule has 9 heteroatoms. The maximum absolute atomic E-state index is 12.7. The number of hydrogen-bond acceptors (Lipinski definition) is 5. The molecule has 1 rings (SSSR count). The summed E-state index contributed by atoms with van der Waals surface area (Å²) in [7, 11) is 0. The topological polar surface area (TPSA) is 107 Å². The average Bonchev–Trinajstić information content (AvgIpc) is 2.39. The van der Waals surface area contributed by atoms with Crippen molar-refractivity contribution in [2.75, 3.05) is 12.0 Å². The average molecular weight is 299 g/mol. The number of hydrazone groups is 1. The van der Waals surface area contributed by atoms with Crippen molar-refractivity contribution in [2.24, 2.45) is 10.8 Å². The molecule has 0 saturated heterocycles. The van der Waals surface area contributed by atoms with Crippen LogP contribution in [-0.4, -0.2) is 18.2 Å². The fourth-order valence-corrected chi connectivity index (χ4v) is 1.34. The van der Waals surface area contributed by atoms with Gasteiger partial charge >= 0.3 is 6.18 Å². The van der Waals surface area contributed by atoms with Crippen LogP contribution in [0.4, 0.5) is 18.9 Å². The molecule has 4 N–H and O–H groups in total. The third-order valence-corrected chi connectivity index (χ3v) is 2.26. The van der Waals surface area contributed by atoms with Crippen molar-refractivity contribution in [3.05, 3.63) is 23.8 Å². The lowest BCUT2D eigenvalue weighted by atomic mass is 10.2. The minimum absolute atomic E-state index is 0.0827. The normalized spacial score (nSPS) is 11.7. The second-order valence-corrected chi connectivity index (χ2v) is 3.74. The Kier molecular flexibility index (Phi) is 5.12. The van der Waals surface area contributed by atoms with Crippen LogP contribution in [0, 0.1) is 16.7 Å². The highest BCUT2D eigenvalue weighted by Gasteiger charge is 2.31. The molecule has 0 atom stereocenters. The second-order valence-electron chi connectivity index (χ2n) is 3.74. The summed E-state index contributed by atoms with van der Waals surface area (Å²) in [6.07, 6.45) is -4.52. The zero-order valence-electron chi connectivity index (χ0n) is 11.0. The van der Waals surface area contributed by atoms with E-state index in [1.807, 2.05) is 0 Å². The van der Waals surface area contributed by atoms with Crippen LogP contribution in [-0.2, 0) is 6.18 Å². The number of nitrogens with one attached hydrogen (secondary N) is 2. The molecule has 0 heterocycles. The molecule has 0 aromatic heterocycles. The molecule has 0 spiro atoms. The van der Waals surface area contributed by atoms with Gasteiger partial charge in [-0.05, 0) is 25.1 Å². The molecule has 0 radical (unpaired) electrons. The summed E-state index contributed by atoms with van der Waals surface area (Å²) in [5.41, 5.74) is 5.92. The first kappa shape index (κ1) is 16.3. The molecule has 112 valence electrons. The Morgan fingerprint density at radius 3 is 2.67 bits per heavy atom. The predicted octanol–water partition coefficient (Wildman–Crippen LogP) is 2.33. The van der Waals surface area contributed by atoms with Gasteiger partial charge in [-0.25, -0.2) is 0 Å². The monoisotopic (exact) mass is 299 g/mol. The van der Waals surface area contributed by atoms with Gasteiger partial charge in [-0.1, -0.05) is 0 Å². The quantitative estimate of drug-likeness (QED) is 0.440. The van der Waals surface area contributed by atoms with Gasteiger partial charge in [0, 0.05) is 0 Å². The van der Waals surface area contributed by atoms with E-state index in [9.17, 15) is 13.2 Å². The highest BCUT2D eigenvalue weighted by atomic mass is 19.4. The summed E-state index contributed by atoms with van der Waals surface area (Å²) >= 11 is 0. The Morgan fingerprint density at radius 1 is 1.52 bits per heavy atom. The van der Waals surface area contributed by atoms with E-state index >= 15 is 0 Å². The van der Waals surface area contributed by atoms with Crippen LogP contribution in [0.25, 0.3) is 0 Å². The van der Waals surface area contributed by atoms with Crippen molar-refractivity contribution >= 4 is 17.2 Å². The summed E-state index contributed by atoms with van der Waals surface area (Å²) in [5.74, 6) is -0.468. The molecule has 0 aliphatic heterocycles. The number of rotatable bonds is 5. The maximum atomic E-state index is 12.7. The summed E-state index contributed by atoms with van der Waals surface area (Å²) in [5, 5.41) is 19.2. The SMILES string of the molecule is CCOc1ccc(C(F)(F)F)cc1N/N=C(\C#N)C(=N)N. The Hall–Kier alpha value is -2.76. The number of ether oxygens (including phenoxy) is 1. The lowest BCUT2D eigenvalue weighted by Crippen LogP contribution is -2.22. The summed E-state index contributed by atoms with van der Waals surface area (Å²) in [4.78, 5) is 0. The number of alkyl halides is 3. The molecule has 0 aliphatic rings. The minimum Gasteiger partial charge on any atom is -0.492 e. The van der Waals surface area contributed by atoms with Gasteiger partial charge in [0.05, 0.1) is 17.9 Å². The molecule has 1 aromatic rings. The van der Waals surface area contributed by atoms with Crippen LogP contribution >= 0.6 is 0 Å². The standard InChI is InChI=1S/C12H12F3N5O/c1-2-21-10-4-3-7(12(13,14)15)5-8(10)19-20-9(6-16)11(17)18/h3-5,19H,2H2,1H3,(H3,17,18)/b20-9+. The van der Waals surface area contributed by atoms with Crippen molar-refractivity contribution < 1.29 is 17.9 Å². The van der Waals surface area contributed by atoms with E-state index in [2.05, 4.69) is 10.5 Å². The molecule has 0 amide bonds. The lowest BCUT2D eigenvalue weighted by molar-refractivity contribution is -0.137. The molecule has 0 saturated carbocycles. The number of nitrogens with two attached hydrogens (primary N) is 1. The molecule has 1 aromatic carbocycles. The number of benzene rings is 1. The van der Waals surface area contributed by atoms with Crippen molar-refractivity contribution in [3.8, 4) is 11.8 Å². The van der Waals surface area contributed by atoms with Crippen LogP contribution in [0.1, 0.15) is 12.5 Å². The first-order valence-electron chi connectivity index (χ1n) is 5.71. The van der Waals surface area contributed by atoms with Gasteiger partial charge in [-0.3, -0.25) is 10.8 Å². The van der Waals surface area contributed by atoms with E-state index in [1.54, 1.807) is 13.0 Å². The minimum atomic E-state index is -4.52. The van der Waals surface area contributed by atoms with E-state index in [0.29, 0.717) is 0 Å². The second kappa shape index (κ2) is 6.60. The van der Waals surface area contributed by atoms with Gasteiger partial charge in [0.2, 0.25) is 5.71 Å². The predicted molar refractivity (Wildman–Crippen MR) is 71.2 cm³/mol. The first-order valence-corrected chi connectivity index (χ1v) is 5.71. The summed E-state index contributed by atoms with van der Waals surface area (Å²) in [6.45, 7) is 1.91. The van der Waals surface area contributed by atoms with Crippen LogP contribution in [0.2, 0.25) is 0 Å². The number of nitriles is 1. The number of halogens is 3. The molecule has 0 aliphatic carbocycles. The van der Waals surface area contributed by atoms with Crippen LogP contribution < -0.4 is 15.9 Å². The third kappa shape index (κ3) is 4.38. The van der Waals surface area contributed by atoms with E-state index in [1.165, 1.54) is 0 Å². The van der Waals surface area contributed by atoms with E-state index in [0.717, 1.165) is 18.2 Å². The van der Waals surface area contributed by atoms with Gasteiger partial charge in [-0.15, -0.1) is 0 Å². The fraction of sp³-hybridized carbons (Fsp3) is 0.250. The van der Waals surface area contributed by atoms with E-state index in [-0.39, 0.29) is 18.0 Å². The first-order chi connectivity index (χ1) is 9.79. The molecule has 0 bridgehead atoms. The third-order valence-electron chi connectivity index (χ3n) is 2.26. The Morgan fingerprint density at radius 2 is 2.19 bits per heavy atom. The number of hydrogen-bond donors (Lipinski definition) is 3. The number of anilines is 1. The van der Waals surface area contributed by atoms with Crippen molar-refractivity contribution in [1.29, 1.82) is 10.7 Å². The zero-order chi connectivity index (χ0) is 16.0. The molecular formula is C12H12F3N5O. The number of nitrogens with zero attached hydrogens (tertiary/aromatic N) is 2. The van der Waals surface area contributed by atoms with Gasteiger partial charge in [-0.2, -0.15) is 23.5 Å². The molecular weight excluding hydrogens is 287 g/mol. The van der Waals surface area contributed by atoms with Gasteiger partial charge in [0.1, 0.15) is 11.8 Å². The highest BCUT2D eigenvalue weighted by Crippen LogP contribution is 2.35. The molecule has 21 heavy (non-hydrogen) atoms. The van der Waals surface area contributed by atoms with Crippen molar-refractivity contribution in [1.82, 2.24) is 0 Å². The van der Waals surface area contributed by atoms with Crippen molar-refractivity contribution in [2.45, 2.75) is 13.1 Å². The zero-order valence-corrected chi connectivity index (χ0v) is 11.0. The summed E-state index contributed by atoms with van der Waals surface area (Å²) in [6, 6.07) is 4.35. The van der Waals surface area contributed by atoms with Gasteiger partial charge < -0.3 is 10.5 Å². The Balaban J connectivity index is 3.18. The van der Waals surface area contributed by atoms with Crippen LogP contribution in [0.5, 0.6) is 5.75 Å². The molecule has 0 unspecified atom stereocenters. The van der Waals surface area contributed by atoms with E-state index < -0.39 is 23.3 Å². The van der Waals surface area contributed by atoms with Crippen molar-refractivity contribution in [3.63, 3.8) is 0 Å². The molecule has 0 fully saturated rings. The molecule has 6 nitrogen and oxygen atoms in total. The largest absolute Gasteiger partial charge is 0.492 e. The maximum Gasteiger partial charge on any atom is 0.416 e. The van der Waals surface area contributed by atoms with Gasteiger partial charge in [0.15, 0.2) is 5.84 Å². The van der Waals surface area contributed by atoms with Crippen LogP contribution in [0.3, 0.4) is 0 Å². The summed E-state index contributed by atoms with van der Waals surface area (Å²) < 4.78 is 43.2. The fourth-order valence-electron chi connectivity index (χ4n) is 1.34.